The fourth-order valence-corrected chi connectivity index (χ4v) is 2.28. The number of hydrogen-bond acceptors (Lipinski definition) is 2. The van der Waals surface area contributed by atoms with Gasteiger partial charge in [-0.15, -0.1) is 0 Å². The Morgan fingerprint density at radius 2 is 1.95 bits per heavy atom. The van der Waals surface area contributed by atoms with E-state index in [4.69, 9.17) is 17.3 Å². The molecule has 2 aromatic rings. The molecule has 1 unspecified atom stereocenters. The molecular weight excluding hydrogens is 387 g/mol. The molecule has 2 rings (SSSR count). The summed E-state index contributed by atoms with van der Waals surface area (Å²) in [7, 11) is 0. The Morgan fingerprint density at radius 3 is 2.60 bits per heavy atom. The maximum atomic E-state index is 12.0. The number of carbonyl (C=O) groups is 1. The van der Waals surface area contributed by atoms with Crippen molar-refractivity contribution in [1.29, 1.82) is 0 Å². The minimum atomic E-state index is -0.223. The lowest BCUT2D eigenvalue weighted by Crippen LogP contribution is -2.31. The van der Waals surface area contributed by atoms with E-state index in [1.165, 1.54) is 0 Å². The van der Waals surface area contributed by atoms with Crippen molar-refractivity contribution in [1.82, 2.24) is 5.32 Å². The van der Waals surface area contributed by atoms with Crippen LogP contribution in [0.3, 0.4) is 0 Å². The molecule has 3 nitrogen and oxygen atoms in total. The molecule has 20 heavy (non-hydrogen) atoms. The summed E-state index contributed by atoms with van der Waals surface area (Å²) in [6, 6.07) is 14.7. The van der Waals surface area contributed by atoms with E-state index in [0.29, 0.717) is 17.1 Å². The van der Waals surface area contributed by atoms with Gasteiger partial charge in [-0.3, -0.25) is 4.79 Å². The van der Waals surface area contributed by atoms with Crippen LogP contribution in [-0.4, -0.2) is 12.5 Å². The predicted octanol–water partition coefficient (Wildman–Crippen LogP) is 3.37. The lowest BCUT2D eigenvalue weighted by molar-refractivity contribution is 0.0951. The number of benzene rings is 2. The zero-order valence-electron chi connectivity index (χ0n) is 10.6. The molecule has 0 spiro atoms. The average molecular weight is 401 g/mol. The van der Waals surface area contributed by atoms with Crippen LogP contribution < -0.4 is 11.1 Å². The summed E-state index contributed by atoms with van der Waals surface area (Å²) in [6.07, 6.45) is 0. The maximum absolute atomic E-state index is 12.0. The van der Waals surface area contributed by atoms with Gasteiger partial charge in [0.25, 0.3) is 5.91 Å². The summed E-state index contributed by atoms with van der Waals surface area (Å²) in [4.78, 5) is 12.0. The molecule has 0 aliphatic heterocycles. The van der Waals surface area contributed by atoms with Crippen LogP contribution in [-0.2, 0) is 0 Å². The van der Waals surface area contributed by atoms with E-state index in [1.54, 1.807) is 12.1 Å². The lowest BCUT2D eigenvalue weighted by Gasteiger charge is -2.13. The van der Waals surface area contributed by atoms with Crippen LogP contribution in [0.2, 0.25) is 5.02 Å². The van der Waals surface area contributed by atoms with Gasteiger partial charge in [-0.05, 0) is 46.4 Å². The first-order valence-electron chi connectivity index (χ1n) is 6.11. The van der Waals surface area contributed by atoms with Crippen molar-refractivity contribution in [2.45, 2.75) is 6.04 Å². The van der Waals surface area contributed by atoms with Crippen LogP contribution >= 0.6 is 34.2 Å². The van der Waals surface area contributed by atoms with Crippen LogP contribution in [0.15, 0.2) is 48.5 Å². The largest absolute Gasteiger partial charge is 0.350 e. The van der Waals surface area contributed by atoms with Gasteiger partial charge in [-0.2, -0.15) is 0 Å². The summed E-state index contributed by atoms with van der Waals surface area (Å²) >= 11 is 8.12. The minimum absolute atomic E-state index is 0.172. The first kappa shape index (κ1) is 15.3. The van der Waals surface area contributed by atoms with Gasteiger partial charge in [0.1, 0.15) is 0 Å². The lowest BCUT2D eigenvalue weighted by atomic mass is 10.1. The van der Waals surface area contributed by atoms with Crippen molar-refractivity contribution in [2.24, 2.45) is 5.73 Å². The maximum Gasteiger partial charge on any atom is 0.251 e. The fourth-order valence-electron chi connectivity index (χ4n) is 1.76. The van der Waals surface area contributed by atoms with E-state index < -0.39 is 0 Å². The number of halogens is 2. The third-order valence-electron chi connectivity index (χ3n) is 2.89. The molecule has 2 aromatic carbocycles. The summed E-state index contributed by atoms with van der Waals surface area (Å²) in [5.41, 5.74) is 7.56. The van der Waals surface area contributed by atoms with Crippen molar-refractivity contribution in [3.8, 4) is 0 Å². The van der Waals surface area contributed by atoms with Gasteiger partial charge in [0.2, 0.25) is 0 Å². The minimum Gasteiger partial charge on any atom is -0.350 e. The van der Waals surface area contributed by atoms with Crippen molar-refractivity contribution in [2.75, 3.05) is 6.54 Å². The summed E-state index contributed by atoms with van der Waals surface area (Å²) in [5.74, 6) is -0.172. The van der Waals surface area contributed by atoms with Gasteiger partial charge in [0, 0.05) is 21.7 Å². The van der Waals surface area contributed by atoms with Crippen LogP contribution in [0.5, 0.6) is 0 Å². The Kier molecular flexibility index (Phi) is 5.39. The number of rotatable bonds is 4. The van der Waals surface area contributed by atoms with Gasteiger partial charge >= 0.3 is 0 Å². The molecule has 0 radical (unpaired) electrons. The number of nitrogens with two attached hydrogens (primary N) is 1. The van der Waals surface area contributed by atoms with Crippen LogP contribution in [0.4, 0.5) is 0 Å². The monoisotopic (exact) mass is 400 g/mol. The Balaban J connectivity index is 1.97. The van der Waals surface area contributed by atoms with E-state index in [-0.39, 0.29) is 11.9 Å². The zero-order chi connectivity index (χ0) is 14.5. The molecule has 0 aromatic heterocycles. The Hall–Kier alpha value is -1.11. The van der Waals surface area contributed by atoms with Crippen LogP contribution in [0.25, 0.3) is 0 Å². The first-order valence-corrected chi connectivity index (χ1v) is 7.57. The number of hydrogen-bond donors (Lipinski definition) is 2. The van der Waals surface area contributed by atoms with Crippen molar-refractivity contribution < 1.29 is 4.79 Å². The molecule has 104 valence electrons. The molecule has 0 aliphatic carbocycles. The van der Waals surface area contributed by atoms with E-state index in [2.05, 4.69) is 27.9 Å². The molecule has 0 saturated heterocycles. The van der Waals surface area contributed by atoms with Gasteiger partial charge in [-0.1, -0.05) is 41.9 Å². The molecular formula is C15H14ClIN2O. The second kappa shape index (κ2) is 7.06. The standard InChI is InChI=1S/C15H14ClIN2O/c16-12-8-11(6-7-13(12)17)15(20)19-9-14(18)10-4-2-1-3-5-10/h1-8,14H,9,18H2,(H,19,20). The van der Waals surface area contributed by atoms with E-state index in [0.717, 1.165) is 9.13 Å². The predicted molar refractivity (Wildman–Crippen MR) is 89.9 cm³/mol. The second-order valence-corrected chi connectivity index (χ2v) is 5.93. The topological polar surface area (TPSA) is 55.1 Å². The number of carbonyl (C=O) groups excluding carboxylic acids is 1. The molecule has 0 saturated carbocycles. The second-order valence-electron chi connectivity index (χ2n) is 4.36. The molecule has 0 aliphatic rings. The van der Waals surface area contributed by atoms with Crippen molar-refractivity contribution in [3.05, 3.63) is 68.3 Å². The molecule has 1 atom stereocenters. The van der Waals surface area contributed by atoms with Gasteiger partial charge in [0.15, 0.2) is 0 Å². The van der Waals surface area contributed by atoms with E-state index >= 15 is 0 Å². The molecule has 5 heteroatoms. The summed E-state index contributed by atoms with van der Waals surface area (Å²) in [6.45, 7) is 0.381. The molecule has 0 heterocycles. The molecule has 3 N–H and O–H groups in total. The summed E-state index contributed by atoms with van der Waals surface area (Å²) in [5, 5.41) is 3.39. The van der Waals surface area contributed by atoms with Gasteiger partial charge in [0.05, 0.1) is 5.02 Å². The smallest absolute Gasteiger partial charge is 0.251 e. The highest BCUT2D eigenvalue weighted by Gasteiger charge is 2.10. The molecule has 0 bridgehead atoms. The molecule has 0 fully saturated rings. The molecule has 1 amide bonds. The number of amides is 1. The quantitative estimate of drug-likeness (QED) is 0.773. The first-order chi connectivity index (χ1) is 9.58. The third-order valence-corrected chi connectivity index (χ3v) is 4.46. The average Bonchev–Trinajstić information content (AvgIpc) is 2.48. The van der Waals surface area contributed by atoms with E-state index in [1.807, 2.05) is 36.4 Å². The van der Waals surface area contributed by atoms with Crippen molar-refractivity contribution in [3.63, 3.8) is 0 Å². The highest BCUT2D eigenvalue weighted by molar-refractivity contribution is 14.1. The van der Waals surface area contributed by atoms with Crippen LogP contribution in [0, 0.1) is 3.57 Å². The van der Waals surface area contributed by atoms with E-state index in [9.17, 15) is 4.79 Å². The highest BCUT2D eigenvalue weighted by atomic mass is 127. The highest BCUT2D eigenvalue weighted by Crippen LogP contribution is 2.19. The Labute approximate surface area is 136 Å². The summed E-state index contributed by atoms with van der Waals surface area (Å²) < 4.78 is 0.918. The fraction of sp³-hybridized carbons (Fsp3) is 0.133. The third kappa shape index (κ3) is 3.94. The SMILES string of the molecule is NC(CNC(=O)c1ccc(I)c(Cl)c1)c1ccccc1. The Morgan fingerprint density at radius 1 is 1.25 bits per heavy atom. The van der Waals surface area contributed by atoms with Crippen LogP contribution in [0.1, 0.15) is 22.0 Å². The number of nitrogens with one attached hydrogen (secondary N) is 1. The Bertz CT molecular complexity index is 604. The normalized spacial score (nSPS) is 11.9. The zero-order valence-corrected chi connectivity index (χ0v) is 13.6. The van der Waals surface area contributed by atoms with Gasteiger partial charge < -0.3 is 11.1 Å². The van der Waals surface area contributed by atoms with Crippen molar-refractivity contribution >= 4 is 40.1 Å². The van der Waals surface area contributed by atoms with Gasteiger partial charge in [-0.25, -0.2) is 0 Å².